The molecule has 2 rings (SSSR count). The summed E-state index contributed by atoms with van der Waals surface area (Å²) in [6, 6.07) is -0.0332. The second-order valence-corrected chi connectivity index (χ2v) is 6.09. The molecule has 0 aromatic heterocycles. The fourth-order valence-electron chi connectivity index (χ4n) is 2.87. The fourth-order valence-corrected chi connectivity index (χ4v) is 2.87. The van der Waals surface area contributed by atoms with Gasteiger partial charge in [0.05, 0.1) is 5.41 Å². The Morgan fingerprint density at radius 3 is 2.37 bits per heavy atom. The number of aliphatic carboxylic acids is 1. The van der Waals surface area contributed by atoms with Gasteiger partial charge < -0.3 is 15.3 Å². The lowest BCUT2D eigenvalue weighted by molar-refractivity contribution is -0.151. The molecule has 2 N–H and O–H groups in total. The molecule has 19 heavy (non-hydrogen) atoms. The van der Waals surface area contributed by atoms with Gasteiger partial charge in [-0.25, -0.2) is 4.79 Å². The van der Waals surface area contributed by atoms with E-state index in [9.17, 15) is 14.7 Å². The first-order chi connectivity index (χ1) is 8.98. The van der Waals surface area contributed by atoms with E-state index in [4.69, 9.17) is 0 Å². The third kappa shape index (κ3) is 3.01. The lowest BCUT2D eigenvalue weighted by Gasteiger charge is -2.38. The molecule has 108 valence electrons. The molecule has 2 fully saturated rings. The monoisotopic (exact) mass is 268 g/mol. The van der Waals surface area contributed by atoms with Crippen molar-refractivity contribution in [2.45, 2.75) is 39.5 Å². The van der Waals surface area contributed by atoms with Crippen LogP contribution >= 0.6 is 0 Å². The van der Waals surface area contributed by atoms with Crippen LogP contribution in [0.15, 0.2) is 0 Å². The molecule has 1 heterocycles. The zero-order valence-corrected chi connectivity index (χ0v) is 11.8. The molecule has 1 saturated carbocycles. The van der Waals surface area contributed by atoms with E-state index < -0.39 is 11.4 Å². The average Bonchev–Trinajstić information content (AvgIpc) is 3.12. The van der Waals surface area contributed by atoms with E-state index in [1.165, 1.54) is 6.42 Å². The van der Waals surface area contributed by atoms with E-state index in [1.807, 2.05) is 6.92 Å². The molecule has 0 aromatic rings. The normalized spacial score (nSPS) is 28.8. The molecule has 2 aliphatic rings. The number of nitrogens with one attached hydrogen (secondary N) is 1. The molecule has 0 spiro atoms. The van der Waals surface area contributed by atoms with Crippen LogP contribution in [0.3, 0.4) is 0 Å². The summed E-state index contributed by atoms with van der Waals surface area (Å²) in [5.41, 5.74) is -0.623. The highest BCUT2D eigenvalue weighted by molar-refractivity contribution is 5.77. The summed E-state index contributed by atoms with van der Waals surface area (Å²) in [6.45, 7) is 5.96. The Labute approximate surface area is 114 Å². The van der Waals surface area contributed by atoms with Gasteiger partial charge in [-0.05, 0) is 37.5 Å². The minimum absolute atomic E-state index is 0.0332. The molecule has 0 bridgehead atoms. The molecule has 5 nitrogen and oxygen atoms in total. The Bertz CT molecular complexity index is 362. The van der Waals surface area contributed by atoms with Crippen molar-refractivity contribution in [3.63, 3.8) is 0 Å². The van der Waals surface area contributed by atoms with E-state index in [1.54, 1.807) is 4.90 Å². The summed E-state index contributed by atoms with van der Waals surface area (Å²) in [5.74, 6) is 0.658. The zero-order chi connectivity index (χ0) is 14.0. The van der Waals surface area contributed by atoms with Gasteiger partial charge in [0.1, 0.15) is 0 Å². The molecule has 0 aromatic carbocycles. The van der Waals surface area contributed by atoms with Crippen molar-refractivity contribution in [2.24, 2.45) is 17.3 Å². The van der Waals surface area contributed by atoms with Crippen LogP contribution in [-0.2, 0) is 4.79 Å². The number of likely N-dealkylation sites (tertiary alicyclic amines) is 1. The number of carboxylic acid groups (broad SMARTS) is 1. The molecule has 1 saturated heterocycles. The smallest absolute Gasteiger partial charge is 0.317 e. The second-order valence-electron chi connectivity index (χ2n) is 6.09. The van der Waals surface area contributed by atoms with E-state index in [0.29, 0.717) is 38.3 Å². The summed E-state index contributed by atoms with van der Waals surface area (Å²) in [5, 5.41) is 12.3. The number of hydrogen-bond donors (Lipinski definition) is 2. The number of nitrogens with zero attached hydrogens (tertiary/aromatic N) is 1. The standard InChI is InChI=1S/C14H24N2O3/c1-3-14(12(17)18)4-6-16(7-5-14)13(19)15-9-11-8-10(11)2/h10-11H,3-9H2,1-2H3,(H,15,19)(H,17,18). The molecule has 2 amide bonds. The Balaban J connectivity index is 1.78. The number of piperidine rings is 1. The molecule has 5 heteroatoms. The quantitative estimate of drug-likeness (QED) is 0.818. The molecule has 2 unspecified atom stereocenters. The van der Waals surface area contributed by atoms with Crippen LogP contribution in [0.5, 0.6) is 0 Å². The van der Waals surface area contributed by atoms with Gasteiger partial charge in [0.25, 0.3) is 0 Å². The Hall–Kier alpha value is -1.26. The number of urea groups is 1. The highest BCUT2D eigenvalue weighted by Crippen LogP contribution is 2.37. The summed E-state index contributed by atoms with van der Waals surface area (Å²) < 4.78 is 0. The molecule has 2 atom stereocenters. The van der Waals surface area contributed by atoms with E-state index in [2.05, 4.69) is 12.2 Å². The van der Waals surface area contributed by atoms with Crippen molar-refractivity contribution in [2.75, 3.05) is 19.6 Å². The minimum Gasteiger partial charge on any atom is -0.481 e. The predicted molar refractivity (Wildman–Crippen MR) is 71.8 cm³/mol. The summed E-state index contributed by atoms with van der Waals surface area (Å²) >= 11 is 0. The van der Waals surface area contributed by atoms with Crippen LogP contribution in [0.2, 0.25) is 0 Å². The van der Waals surface area contributed by atoms with Crippen LogP contribution in [0, 0.1) is 17.3 Å². The number of rotatable bonds is 4. The van der Waals surface area contributed by atoms with E-state index in [-0.39, 0.29) is 6.03 Å². The molecular weight excluding hydrogens is 244 g/mol. The van der Waals surface area contributed by atoms with Crippen LogP contribution in [-0.4, -0.2) is 41.6 Å². The van der Waals surface area contributed by atoms with E-state index >= 15 is 0 Å². The van der Waals surface area contributed by atoms with Crippen LogP contribution in [0.1, 0.15) is 39.5 Å². The number of carbonyl (C=O) groups is 2. The van der Waals surface area contributed by atoms with Gasteiger partial charge in [0.15, 0.2) is 0 Å². The summed E-state index contributed by atoms with van der Waals surface area (Å²) in [4.78, 5) is 25.1. The van der Waals surface area contributed by atoms with Gasteiger partial charge in [0, 0.05) is 19.6 Å². The van der Waals surface area contributed by atoms with Gasteiger partial charge in [-0.2, -0.15) is 0 Å². The number of carboxylic acids is 1. The zero-order valence-electron chi connectivity index (χ0n) is 11.8. The first-order valence-corrected chi connectivity index (χ1v) is 7.24. The van der Waals surface area contributed by atoms with Gasteiger partial charge in [0.2, 0.25) is 0 Å². The largest absolute Gasteiger partial charge is 0.481 e. The van der Waals surface area contributed by atoms with Crippen LogP contribution < -0.4 is 5.32 Å². The third-order valence-electron chi connectivity index (χ3n) is 4.93. The average molecular weight is 268 g/mol. The van der Waals surface area contributed by atoms with Crippen molar-refractivity contribution in [1.82, 2.24) is 10.2 Å². The Morgan fingerprint density at radius 2 is 1.95 bits per heavy atom. The maximum absolute atomic E-state index is 12.0. The summed E-state index contributed by atoms with van der Waals surface area (Å²) in [7, 11) is 0. The molecule has 0 radical (unpaired) electrons. The predicted octanol–water partition coefficient (Wildman–Crippen LogP) is 1.93. The molecular formula is C14H24N2O3. The first-order valence-electron chi connectivity index (χ1n) is 7.24. The summed E-state index contributed by atoms with van der Waals surface area (Å²) in [6.07, 6.45) is 2.97. The highest BCUT2D eigenvalue weighted by atomic mass is 16.4. The highest BCUT2D eigenvalue weighted by Gasteiger charge is 2.41. The molecule has 1 aliphatic heterocycles. The lowest BCUT2D eigenvalue weighted by atomic mass is 9.76. The van der Waals surface area contributed by atoms with Crippen LogP contribution in [0.4, 0.5) is 4.79 Å². The third-order valence-corrected chi connectivity index (χ3v) is 4.93. The first kappa shape index (κ1) is 14.2. The van der Waals surface area contributed by atoms with Crippen molar-refractivity contribution >= 4 is 12.0 Å². The number of amides is 2. The molecule has 1 aliphatic carbocycles. The van der Waals surface area contributed by atoms with Gasteiger partial charge in [-0.3, -0.25) is 4.79 Å². The Kier molecular flexibility index (Phi) is 4.02. The van der Waals surface area contributed by atoms with E-state index in [0.717, 1.165) is 12.5 Å². The van der Waals surface area contributed by atoms with Crippen molar-refractivity contribution in [3.05, 3.63) is 0 Å². The van der Waals surface area contributed by atoms with Crippen molar-refractivity contribution in [1.29, 1.82) is 0 Å². The van der Waals surface area contributed by atoms with Crippen molar-refractivity contribution in [3.8, 4) is 0 Å². The fraction of sp³-hybridized carbons (Fsp3) is 0.857. The Morgan fingerprint density at radius 1 is 1.37 bits per heavy atom. The number of carbonyl (C=O) groups excluding carboxylic acids is 1. The van der Waals surface area contributed by atoms with Crippen LogP contribution in [0.25, 0.3) is 0 Å². The van der Waals surface area contributed by atoms with Gasteiger partial charge in [-0.1, -0.05) is 13.8 Å². The van der Waals surface area contributed by atoms with Gasteiger partial charge in [-0.15, -0.1) is 0 Å². The van der Waals surface area contributed by atoms with Crippen molar-refractivity contribution < 1.29 is 14.7 Å². The minimum atomic E-state index is -0.720. The number of hydrogen-bond acceptors (Lipinski definition) is 2. The van der Waals surface area contributed by atoms with Gasteiger partial charge >= 0.3 is 12.0 Å². The maximum Gasteiger partial charge on any atom is 0.317 e. The topological polar surface area (TPSA) is 69.6 Å². The lowest BCUT2D eigenvalue weighted by Crippen LogP contribution is -2.49. The second kappa shape index (κ2) is 5.39. The maximum atomic E-state index is 12.0. The SMILES string of the molecule is CCC1(C(=O)O)CCN(C(=O)NCC2CC2C)CC1.